The molecule has 3 rings (SSSR count). The number of aliphatic hydroxyl groups is 2. The van der Waals surface area contributed by atoms with Gasteiger partial charge in [-0.25, -0.2) is 15.0 Å². The molecule has 0 unspecified atom stereocenters. The molecule has 0 saturated carbocycles. The van der Waals surface area contributed by atoms with Gasteiger partial charge in [0.05, 0.1) is 12.4 Å². The Morgan fingerprint density at radius 1 is 1.43 bits per heavy atom. The lowest BCUT2D eigenvalue weighted by atomic mass is 10.1. The number of ether oxygens (including phenoxy) is 1. The zero-order valence-corrected chi connectivity index (χ0v) is 10.9. The number of aliphatic hydroxyl groups excluding tert-OH is 2. The lowest BCUT2D eigenvalue weighted by Gasteiger charge is -2.16. The van der Waals surface area contributed by atoms with E-state index in [1.165, 1.54) is 10.9 Å². The summed E-state index contributed by atoms with van der Waals surface area (Å²) in [4.78, 5) is 14.5. The van der Waals surface area contributed by atoms with Crippen molar-refractivity contribution in [3.63, 3.8) is 0 Å². The first-order valence-electron chi connectivity index (χ1n) is 6.09. The van der Waals surface area contributed by atoms with E-state index in [2.05, 4.69) is 25.0 Å². The fraction of sp³-hybridized carbons (Fsp3) is 0.500. The Hall–Kier alpha value is -2.46. The van der Waals surface area contributed by atoms with E-state index >= 15 is 0 Å². The molecule has 0 aromatic carbocycles. The number of aromatic nitrogens is 4. The molecular formula is C10H12N8O3. The maximum atomic E-state index is 10.0. The summed E-state index contributed by atoms with van der Waals surface area (Å²) >= 11 is 0. The van der Waals surface area contributed by atoms with E-state index in [1.54, 1.807) is 6.92 Å². The summed E-state index contributed by atoms with van der Waals surface area (Å²) in [6.45, 7) is 1.64. The quantitative estimate of drug-likeness (QED) is 0.397. The van der Waals surface area contributed by atoms with Crippen molar-refractivity contribution in [2.45, 2.75) is 31.5 Å². The summed E-state index contributed by atoms with van der Waals surface area (Å²) < 4.78 is 6.91. The van der Waals surface area contributed by atoms with Gasteiger partial charge in [-0.3, -0.25) is 4.57 Å². The van der Waals surface area contributed by atoms with Gasteiger partial charge in [0.2, 0.25) is 5.95 Å². The first-order chi connectivity index (χ1) is 10.0. The molecule has 2 aromatic rings. The van der Waals surface area contributed by atoms with Crippen molar-refractivity contribution in [3.05, 3.63) is 16.8 Å². The van der Waals surface area contributed by atoms with E-state index in [9.17, 15) is 10.2 Å². The molecule has 0 bridgehead atoms. The van der Waals surface area contributed by atoms with Crippen LogP contribution in [-0.2, 0) is 4.74 Å². The van der Waals surface area contributed by atoms with Gasteiger partial charge in [0.15, 0.2) is 17.7 Å². The highest BCUT2D eigenvalue weighted by Crippen LogP contribution is 2.32. The summed E-state index contributed by atoms with van der Waals surface area (Å²) in [5.41, 5.74) is 14.7. The van der Waals surface area contributed by atoms with Crippen LogP contribution < -0.4 is 5.73 Å². The molecule has 11 nitrogen and oxygen atoms in total. The Bertz CT molecular complexity index is 739. The molecule has 1 saturated heterocycles. The normalized spacial score (nSPS) is 28.7. The van der Waals surface area contributed by atoms with E-state index in [-0.39, 0.29) is 22.9 Å². The fourth-order valence-electron chi connectivity index (χ4n) is 2.25. The average Bonchev–Trinajstić information content (AvgIpc) is 2.96. The summed E-state index contributed by atoms with van der Waals surface area (Å²) in [7, 11) is 0. The molecule has 0 aliphatic carbocycles. The minimum absolute atomic E-state index is 0.0437. The van der Waals surface area contributed by atoms with Crippen LogP contribution in [0.1, 0.15) is 13.2 Å². The zero-order chi connectivity index (χ0) is 15.1. The van der Waals surface area contributed by atoms with Crippen molar-refractivity contribution in [2.24, 2.45) is 5.11 Å². The number of imidazole rings is 1. The number of nitrogens with two attached hydrogens (primary N) is 1. The van der Waals surface area contributed by atoms with Crippen LogP contribution in [0.25, 0.3) is 21.6 Å². The molecule has 4 N–H and O–H groups in total. The molecule has 2 aromatic heterocycles. The van der Waals surface area contributed by atoms with Crippen LogP contribution in [-0.4, -0.2) is 48.0 Å². The maximum Gasteiger partial charge on any atom is 0.220 e. The van der Waals surface area contributed by atoms with Crippen LogP contribution in [0.15, 0.2) is 11.4 Å². The average molecular weight is 292 g/mol. The minimum atomic E-state index is -1.14. The molecule has 0 radical (unpaired) electrons. The fourth-order valence-corrected chi connectivity index (χ4v) is 2.25. The molecule has 0 spiro atoms. The van der Waals surface area contributed by atoms with E-state index < -0.39 is 24.5 Å². The van der Waals surface area contributed by atoms with E-state index in [0.717, 1.165) is 0 Å². The monoisotopic (exact) mass is 292 g/mol. The standard InChI is InChI=1S/C10H12N8O3/c1-3-5(19)6(20)9(21-3)18-2-13-4-7(11)14-10(16-17-12)15-8(4)18/h2-3,5-6,9,19-20H,1H3,(H2,11,14,15)/t3-,5-,6-,9-/m1/s1. The van der Waals surface area contributed by atoms with Gasteiger partial charge in [0, 0.05) is 4.91 Å². The first kappa shape index (κ1) is 13.5. The van der Waals surface area contributed by atoms with Crippen molar-refractivity contribution >= 4 is 22.9 Å². The van der Waals surface area contributed by atoms with Gasteiger partial charge in [-0.05, 0) is 17.6 Å². The summed E-state index contributed by atoms with van der Waals surface area (Å²) in [5, 5.41) is 23.1. The van der Waals surface area contributed by atoms with Gasteiger partial charge < -0.3 is 20.7 Å². The number of azide groups is 1. The Labute approximate surface area is 117 Å². The predicted molar refractivity (Wildman–Crippen MR) is 70.1 cm³/mol. The summed E-state index contributed by atoms with van der Waals surface area (Å²) in [5.74, 6) is -0.118. The molecule has 1 aliphatic rings. The second-order valence-electron chi connectivity index (χ2n) is 4.64. The first-order valence-corrected chi connectivity index (χ1v) is 6.09. The number of rotatable bonds is 2. The van der Waals surface area contributed by atoms with Crippen LogP contribution in [0, 0.1) is 0 Å². The van der Waals surface area contributed by atoms with Gasteiger partial charge >= 0.3 is 0 Å². The molecule has 1 aliphatic heterocycles. The molecule has 21 heavy (non-hydrogen) atoms. The lowest BCUT2D eigenvalue weighted by molar-refractivity contribution is -0.0299. The Kier molecular flexibility index (Phi) is 3.11. The maximum absolute atomic E-state index is 10.0. The number of nitrogen functional groups attached to an aromatic ring is 1. The van der Waals surface area contributed by atoms with Crippen molar-refractivity contribution < 1.29 is 14.9 Å². The van der Waals surface area contributed by atoms with Crippen molar-refractivity contribution in [3.8, 4) is 0 Å². The minimum Gasteiger partial charge on any atom is -0.388 e. The third kappa shape index (κ3) is 2.04. The van der Waals surface area contributed by atoms with Gasteiger partial charge in [-0.15, -0.1) is 0 Å². The van der Waals surface area contributed by atoms with Crippen LogP contribution in [0.2, 0.25) is 0 Å². The topological polar surface area (TPSA) is 168 Å². The number of fused-ring (bicyclic) bond motifs is 1. The highest BCUT2D eigenvalue weighted by atomic mass is 16.6. The lowest BCUT2D eigenvalue weighted by Crippen LogP contribution is -2.30. The number of anilines is 1. The molecule has 3 heterocycles. The molecule has 110 valence electrons. The highest BCUT2D eigenvalue weighted by Gasteiger charge is 2.42. The predicted octanol–water partition coefficient (Wildman–Crippen LogP) is -0.0106. The highest BCUT2D eigenvalue weighted by molar-refractivity contribution is 5.82. The van der Waals surface area contributed by atoms with Gasteiger partial charge in [0.1, 0.15) is 17.7 Å². The smallest absolute Gasteiger partial charge is 0.220 e. The molecular weight excluding hydrogens is 280 g/mol. The number of hydrogen-bond donors (Lipinski definition) is 3. The molecule has 11 heteroatoms. The summed E-state index contributed by atoms with van der Waals surface area (Å²) in [6.07, 6.45) is -2.21. The second-order valence-corrected chi connectivity index (χ2v) is 4.64. The Balaban J connectivity index is 2.13. The second kappa shape index (κ2) is 4.82. The largest absolute Gasteiger partial charge is 0.388 e. The SMILES string of the molecule is C[C@H]1O[C@@H](n2cnc3c(N)nc(N=[N+]=[N-])nc32)[C@H](O)[C@@H]1O. The van der Waals surface area contributed by atoms with Crippen LogP contribution >= 0.6 is 0 Å². The molecule has 0 amide bonds. The van der Waals surface area contributed by atoms with Crippen molar-refractivity contribution in [1.29, 1.82) is 0 Å². The van der Waals surface area contributed by atoms with Crippen LogP contribution in [0.4, 0.5) is 11.8 Å². The van der Waals surface area contributed by atoms with Gasteiger partial charge in [-0.2, -0.15) is 0 Å². The van der Waals surface area contributed by atoms with Crippen molar-refractivity contribution in [1.82, 2.24) is 19.5 Å². The van der Waals surface area contributed by atoms with Crippen LogP contribution in [0.5, 0.6) is 0 Å². The number of hydrogen-bond acceptors (Lipinski definition) is 8. The third-order valence-electron chi connectivity index (χ3n) is 3.32. The van der Waals surface area contributed by atoms with E-state index in [0.29, 0.717) is 0 Å². The van der Waals surface area contributed by atoms with E-state index in [1.807, 2.05) is 0 Å². The Morgan fingerprint density at radius 2 is 2.19 bits per heavy atom. The number of nitrogens with zero attached hydrogens (tertiary/aromatic N) is 7. The van der Waals surface area contributed by atoms with E-state index in [4.69, 9.17) is 16.0 Å². The molecule has 4 atom stereocenters. The van der Waals surface area contributed by atoms with Gasteiger partial charge in [0.25, 0.3) is 0 Å². The van der Waals surface area contributed by atoms with Gasteiger partial charge in [-0.1, -0.05) is 0 Å². The third-order valence-corrected chi connectivity index (χ3v) is 3.32. The van der Waals surface area contributed by atoms with Crippen LogP contribution in [0.3, 0.4) is 0 Å². The molecule has 1 fully saturated rings. The Morgan fingerprint density at radius 3 is 2.81 bits per heavy atom. The van der Waals surface area contributed by atoms with Crippen molar-refractivity contribution in [2.75, 3.05) is 5.73 Å². The zero-order valence-electron chi connectivity index (χ0n) is 10.9. The summed E-state index contributed by atoms with van der Waals surface area (Å²) in [6, 6.07) is 0.